The van der Waals surface area contributed by atoms with Gasteiger partial charge in [0.15, 0.2) is 11.6 Å². The molecule has 1 atom stereocenters. The molecule has 1 aliphatic heterocycles. The second-order valence-electron chi connectivity index (χ2n) is 8.14. The van der Waals surface area contributed by atoms with Crippen LogP contribution in [-0.4, -0.2) is 52.3 Å². The molecule has 2 fully saturated rings. The number of amides is 2. The largest absolute Gasteiger partial charge is 0.381 e. The summed E-state index contributed by atoms with van der Waals surface area (Å²) in [6.45, 7) is 3.71. The average molecular weight is 410 g/mol. The Balaban J connectivity index is 1.60. The van der Waals surface area contributed by atoms with Crippen LogP contribution in [0.5, 0.6) is 0 Å². The van der Waals surface area contributed by atoms with E-state index in [-0.39, 0.29) is 17.6 Å². The van der Waals surface area contributed by atoms with Crippen LogP contribution < -0.4 is 5.73 Å². The van der Waals surface area contributed by atoms with E-state index in [1.165, 1.54) is 18.7 Å². The molecule has 0 bridgehead atoms. The van der Waals surface area contributed by atoms with Gasteiger partial charge in [0.1, 0.15) is 6.04 Å². The molecule has 7 heteroatoms. The van der Waals surface area contributed by atoms with Crippen LogP contribution in [-0.2, 0) is 4.79 Å². The Bertz CT molecular complexity index is 960. The number of carbonyl (C=O) groups excluding carboxylic acids is 2. The molecule has 2 aromatic rings. The standard InChI is InChI=1S/C23H27FN4O2/c1-2-27-9-10-28(20(23(27)30)11-15-5-3-6-15)22(29)17-8-4-7-16(12-17)18-13-19(24)21(25)26-14-18/h4,7-8,12-15,20H,2-3,5-6,9-11H2,1H3,(H2,25,26). The quantitative estimate of drug-likeness (QED) is 0.820. The predicted molar refractivity (Wildman–Crippen MR) is 113 cm³/mol. The number of anilines is 1. The normalized spacial score (nSPS) is 19.7. The van der Waals surface area contributed by atoms with Crippen LogP contribution in [0.3, 0.4) is 0 Å². The van der Waals surface area contributed by atoms with Crippen LogP contribution in [0.2, 0.25) is 0 Å². The summed E-state index contributed by atoms with van der Waals surface area (Å²) in [6.07, 6.45) is 5.68. The number of piperazine rings is 1. The molecule has 158 valence electrons. The van der Waals surface area contributed by atoms with Crippen LogP contribution in [0.25, 0.3) is 11.1 Å². The number of aromatic nitrogens is 1. The summed E-state index contributed by atoms with van der Waals surface area (Å²) in [5, 5.41) is 0. The fourth-order valence-corrected chi connectivity index (χ4v) is 4.27. The lowest BCUT2D eigenvalue weighted by Crippen LogP contribution is -2.59. The van der Waals surface area contributed by atoms with Crippen molar-refractivity contribution in [3.8, 4) is 11.1 Å². The van der Waals surface area contributed by atoms with E-state index in [1.807, 2.05) is 11.8 Å². The second kappa shape index (κ2) is 8.42. The third-order valence-electron chi connectivity index (χ3n) is 6.32. The van der Waals surface area contributed by atoms with E-state index in [2.05, 4.69) is 4.98 Å². The van der Waals surface area contributed by atoms with Gasteiger partial charge in [0.05, 0.1) is 0 Å². The van der Waals surface area contributed by atoms with Gasteiger partial charge in [-0.2, -0.15) is 0 Å². The summed E-state index contributed by atoms with van der Waals surface area (Å²) >= 11 is 0. The topological polar surface area (TPSA) is 79.5 Å². The Morgan fingerprint density at radius 1 is 1.23 bits per heavy atom. The zero-order valence-corrected chi connectivity index (χ0v) is 17.2. The molecule has 1 unspecified atom stereocenters. The molecular weight excluding hydrogens is 383 g/mol. The molecular formula is C23H27FN4O2. The minimum absolute atomic E-state index is 0.0463. The molecule has 30 heavy (non-hydrogen) atoms. The summed E-state index contributed by atoms with van der Waals surface area (Å²) in [4.78, 5) is 33.8. The summed E-state index contributed by atoms with van der Waals surface area (Å²) in [6, 6.07) is 7.94. The Labute approximate surface area is 175 Å². The number of benzene rings is 1. The number of nitrogens with zero attached hydrogens (tertiary/aromatic N) is 3. The SMILES string of the molecule is CCN1CCN(C(=O)c2cccc(-c3cnc(N)c(F)c3)c2)C(CC2CCC2)C1=O. The lowest BCUT2D eigenvalue weighted by Gasteiger charge is -2.42. The first-order chi connectivity index (χ1) is 14.5. The lowest BCUT2D eigenvalue weighted by molar-refractivity contribution is -0.141. The first kappa shape index (κ1) is 20.3. The molecule has 0 spiro atoms. The predicted octanol–water partition coefficient (Wildman–Crippen LogP) is 3.33. The van der Waals surface area contributed by atoms with E-state index in [0.29, 0.717) is 42.2 Å². The van der Waals surface area contributed by atoms with E-state index in [1.54, 1.807) is 29.2 Å². The highest BCUT2D eigenvalue weighted by Gasteiger charge is 2.39. The fourth-order valence-electron chi connectivity index (χ4n) is 4.27. The smallest absolute Gasteiger partial charge is 0.254 e. The van der Waals surface area contributed by atoms with E-state index < -0.39 is 11.9 Å². The van der Waals surface area contributed by atoms with Gasteiger partial charge in [0.2, 0.25) is 5.91 Å². The van der Waals surface area contributed by atoms with E-state index >= 15 is 0 Å². The van der Waals surface area contributed by atoms with Gasteiger partial charge in [-0.3, -0.25) is 9.59 Å². The van der Waals surface area contributed by atoms with Crippen molar-refractivity contribution in [2.75, 3.05) is 25.4 Å². The number of carbonyl (C=O) groups is 2. The summed E-state index contributed by atoms with van der Waals surface area (Å²) < 4.78 is 13.8. The number of likely N-dealkylation sites (N-methyl/N-ethyl adjacent to an activating group) is 1. The maximum absolute atomic E-state index is 13.8. The Morgan fingerprint density at radius 2 is 2.03 bits per heavy atom. The zero-order valence-electron chi connectivity index (χ0n) is 17.2. The van der Waals surface area contributed by atoms with E-state index in [4.69, 9.17) is 5.73 Å². The number of hydrogen-bond acceptors (Lipinski definition) is 4. The first-order valence-corrected chi connectivity index (χ1v) is 10.6. The zero-order chi connectivity index (χ0) is 21.3. The number of hydrogen-bond donors (Lipinski definition) is 1. The molecule has 6 nitrogen and oxygen atoms in total. The molecule has 4 rings (SSSR count). The Hall–Kier alpha value is -2.96. The lowest BCUT2D eigenvalue weighted by atomic mass is 9.80. The molecule has 2 heterocycles. The Kier molecular flexibility index (Phi) is 5.70. The minimum atomic E-state index is -0.592. The van der Waals surface area contributed by atoms with Gasteiger partial charge >= 0.3 is 0 Å². The fraction of sp³-hybridized carbons (Fsp3) is 0.435. The highest BCUT2D eigenvalue weighted by atomic mass is 19.1. The van der Waals surface area contributed by atoms with Crippen LogP contribution in [0.15, 0.2) is 36.5 Å². The van der Waals surface area contributed by atoms with Crippen molar-refractivity contribution < 1.29 is 14.0 Å². The Morgan fingerprint density at radius 3 is 2.70 bits per heavy atom. The average Bonchev–Trinajstić information content (AvgIpc) is 2.73. The maximum atomic E-state index is 13.8. The highest BCUT2D eigenvalue weighted by molar-refractivity contribution is 5.99. The molecule has 2 amide bonds. The van der Waals surface area contributed by atoms with Crippen LogP contribution in [0.4, 0.5) is 10.2 Å². The van der Waals surface area contributed by atoms with Crippen LogP contribution in [0, 0.1) is 11.7 Å². The van der Waals surface area contributed by atoms with Gasteiger partial charge < -0.3 is 15.5 Å². The van der Waals surface area contributed by atoms with Crippen LogP contribution in [0.1, 0.15) is 43.0 Å². The molecule has 1 aromatic heterocycles. The number of pyridine rings is 1. The van der Waals surface area contributed by atoms with Gasteiger partial charge in [0, 0.05) is 37.0 Å². The van der Waals surface area contributed by atoms with Crippen molar-refractivity contribution in [2.45, 2.75) is 38.6 Å². The van der Waals surface area contributed by atoms with Crippen molar-refractivity contribution in [3.05, 3.63) is 47.9 Å². The number of rotatable bonds is 5. The number of nitrogens with two attached hydrogens (primary N) is 1. The van der Waals surface area contributed by atoms with Crippen LogP contribution >= 0.6 is 0 Å². The maximum Gasteiger partial charge on any atom is 0.254 e. The van der Waals surface area contributed by atoms with Gasteiger partial charge in [-0.1, -0.05) is 31.4 Å². The van der Waals surface area contributed by atoms with Crippen molar-refractivity contribution in [2.24, 2.45) is 5.92 Å². The first-order valence-electron chi connectivity index (χ1n) is 10.6. The molecule has 1 saturated carbocycles. The molecule has 0 radical (unpaired) electrons. The van der Waals surface area contributed by atoms with Crippen molar-refractivity contribution >= 4 is 17.6 Å². The molecule has 1 saturated heterocycles. The summed E-state index contributed by atoms with van der Waals surface area (Å²) in [5.41, 5.74) is 7.19. The monoisotopic (exact) mass is 410 g/mol. The molecule has 1 aliphatic carbocycles. The number of nitrogen functional groups attached to an aromatic ring is 1. The van der Waals surface area contributed by atoms with E-state index in [9.17, 15) is 14.0 Å². The van der Waals surface area contributed by atoms with E-state index in [0.717, 1.165) is 19.3 Å². The molecule has 2 aliphatic rings. The van der Waals surface area contributed by atoms with Gasteiger partial charge in [-0.25, -0.2) is 9.37 Å². The molecule has 2 N–H and O–H groups in total. The van der Waals surface area contributed by atoms with Crippen molar-refractivity contribution in [1.82, 2.24) is 14.8 Å². The van der Waals surface area contributed by atoms with Crippen molar-refractivity contribution in [1.29, 1.82) is 0 Å². The van der Waals surface area contributed by atoms with Gasteiger partial charge in [-0.05, 0) is 43.0 Å². The second-order valence-corrected chi connectivity index (χ2v) is 8.14. The molecule has 1 aromatic carbocycles. The number of halogens is 1. The van der Waals surface area contributed by atoms with Crippen molar-refractivity contribution in [3.63, 3.8) is 0 Å². The summed E-state index contributed by atoms with van der Waals surface area (Å²) in [7, 11) is 0. The highest BCUT2D eigenvalue weighted by Crippen LogP contribution is 2.33. The third kappa shape index (κ3) is 3.88. The summed E-state index contributed by atoms with van der Waals surface area (Å²) in [5.74, 6) is -0.344. The third-order valence-corrected chi connectivity index (χ3v) is 6.32. The van der Waals surface area contributed by atoms with Gasteiger partial charge in [-0.15, -0.1) is 0 Å². The van der Waals surface area contributed by atoms with Gasteiger partial charge in [0.25, 0.3) is 5.91 Å². The minimum Gasteiger partial charge on any atom is -0.381 e.